The van der Waals surface area contributed by atoms with Crippen LogP contribution in [0.5, 0.6) is 0 Å². The number of piperidine rings is 1. The number of para-hydroxylation sites is 2. The van der Waals surface area contributed by atoms with Gasteiger partial charge in [-0.1, -0.05) is 36.4 Å². The monoisotopic (exact) mass is 590 g/mol. The molecule has 222 valence electrons. The molecule has 4 aromatic rings. The van der Waals surface area contributed by atoms with Gasteiger partial charge in [-0.25, -0.2) is 13.4 Å². The molecule has 42 heavy (non-hydrogen) atoms. The fraction of sp³-hybridized carbons (Fsp3) is 0.467. The Labute approximate surface area is 246 Å². The van der Waals surface area contributed by atoms with Crippen LogP contribution in [0.4, 0.5) is 11.9 Å². The van der Waals surface area contributed by atoms with Crippen LogP contribution in [0.25, 0.3) is 17.0 Å². The van der Waals surface area contributed by atoms with Gasteiger partial charge in [-0.3, -0.25) is 4.57 Å². The molecular weight excluding hydrogens is 552 g/mol. The second kappa shape index (κ2) is 11.6. The van der Waals surface area contributed by atoms with E-state index >= 15 is 0 Å². The Morgan fingerprint density at radius 2 is 1.64 bits per heavy atom. The van der Waals surface area contributed by atoms with Crippen molar-refractivity contribution in [2.24, 2.45) is 0 Å². The molecule has 2 fully saturated rings. The molecular formula is C30H38N8O3S. The summed E-state index contributed by atoms with van der Waals surface area (Å²) in [6, 6.07) is 16.0. The van der Waals surface area contributed by atoms with Crippen molar-refractivity contribution >= 4 is 32.8 Å². The van der Waals surface area contributed by atoms with Crippen LogP contribution in [0.2, 0.25) is 0 Å². The molecule has 0 bridgehead atoms. The molecule has 2 aromatic heterocycles. The zero-order valence-corrected chi connectivity index (χ0v) is 25.2. The first kappa shape index (κ1) is 28.5. The van der Waals surface area contributed by atoms with Crippen molar-refractivity contribution < 1.29 is 13.2 Å². The lowest BCUT2D eigenvalue weighted by Crippen LogP contribution is -2.39. The summed E-state index contributed by atoms with van der Waals surface area (Å²) in [6.45, 7) is 8.72. The van der Waals surface area contributed by atoms with Gasteiger partial charge in [0.05, 0.1) is 24.2 Å². The van der Waals surface area contributed by atoms with Gasteiger partial charge in [-0.05, 0) is 75.4 Å². The Morgan fingerprint density at radius 1 is 0.952 bits per heavy atom. The molecule has 12 heteroatoms. The second-order valence-corrected chi connectivity index (χ2v) is 13.7. The average Bonchev–Trinajstić information content (AvgIpc) is 3.38. The molecule has 11 nitrogen and oxygen atoms in total. The summed E-state index contributed by atoms with van der Waals surface area (Å²) in [7, 11) is -3.69. The fourth-order valence-electron chi connectivity index (χ4n) is 5.91. The van der Waals surface area contributed by atoms with Crippen molar-refractivity contribution in [3.05, 3.63) is 59.7 Å². The zero-order valence-electron chi connectivity index (χ0n) is 24.4. The number of nitrogens with one attached hydrogen (secondary N) is 2. The topological polar surface area (TPSA) is 127 Å². The second-order valence-electron chi connectivity index (χ2n) is 11.8. The summed E-state index contributed by atoms with van der Waals surface area (Å²) in [5.74, 6) is 1.59. The van der Waals surface area contributed by atoms with Crippen LogP contribution in [0, 0.1) is 0 Å². The third kappa shape index (κ3) is 6.11. The van der Waals surface area contributed by atoms with E-state index in [9.17, 15) is 8.42 Å². The van der Waals surface area contributed by atoms with Crippen molar-refractivity contribution in [2.75, 3.05) is 55.9 Å². The van der Waals surface area contributed by atoms with Gasteiger partial charge in [0.25, 0.3) is 0 Å². The summed E-state index contributed by atoms with van der Waals surface area (Å²) >= 11 is 0. The third-order valence-corrected chi connectivity index (χ3v) is 8.82. The highest BCUT2D eigenvalue weighted by Crippen LogP contribution is 2.31. The fourth-order valence-corrected chi connectivity index (χ4v) is 6.69. The maximum Gasteiger partial charge on any atom is 0.243 e. The number of imidazole rings is 1. The molecule has 0 saturated carbocycles. The molecule has 6 rings (SSSR count). The number of aromatic nitrogens is 5. The predicted octanol–water partition coefficient (Wildman–Crippen LogP) is 3.35. The summed E-state index contributed by atoms with van der Waals surface area (Å²) in [6.07, 6.45) is 4.18. The number of nitrogens with zero attached hydrogens (tertiary/aromatic N) is 6. The van der Waals surface area contributed by atoms with E-state index in [0.717, 1.165) is 38.6 Å². The van der Waals surface area contributed by atoms with E-state index in [2.05, 4.69) is 53.7 Å². The van der Waals surface area contributed by atoms with Gasteiger partial charge in [0.2, 0.25) is 32.8 Å². The van der Waals surface area contributed by atoms with E-state index in [0.29, 0.717) is 55.2 Å². The standard InChI is InChI=1S/C30H38N8O3S/c1-30(2,20-22-8-4-5-9-23(22)21-12-14-31-15-13-21)36-26-33-27(37-16-18-41-19-17-37)35-28(34-26)38-25-11-7-6-10-24(25)32-29(38)42(3,39)40/h4-11,21,31H,12-20H2,1-3H3,(H,33,34,35,36). The van der Waals surface area contributed by atoms with Crippen LogP contribution in [0.15, 0.2) is 53.7 Å². The van der Waals surface area contributed by atoms with Gasteiger partial charge in [0, 0.05) is 24.9 Å². The Hall–Kier alpha value is -3.61. The molecule has 4 heterocycles. The molecule has 2 saturated heterocycles. The maximum atomic E-state index is 12.9. The lowest BCUT2D eigenvalue weighted by atomic mass is 9.83. The third-order valence-electron chi connectivity index (χ3n) is 7.88. The van der Waals surface area contributed by atoms with Crippen molar-refractivity contribution in [1.82, 2.24) is 29.8 Å². The summed E-state index contributed by atoms with van der Waals surface area (Å²) in [5.41, 5.74) is 3.46. The number of sulfone groups is 1. The number of benzene rings is 2. The van der Waals surface area contributed by atoms with E-state index < -0.39 is 15.4 Å². The van der Waals surface area contributed by atoms with Gasteiger partial charge in [0.1, 0.15) is 0 Å². The smallest absolute Gasteiger partial charge is 0.243 e. The van der Waals surface area contributed by atoms with Gasteiger partial charge >= 0.3 is 0 Å². The van der Waals surface area contributed by atoms with E-state index in [1.807, 2.05) is 23.1 Å². The number of rotatable bonds is 8. The van der Waals surface area contributed by atoms with Gasteiger partial charge in [-0.2, -0.15) is 15.0 Å². The van der Waals surface area contributed by atoms with Crippen molar-refractivity contribution in [3.8, 4) is 5.95 Å². The molecule has 0 atom stereocenters. The highest BCUT2D eigenvalue weighted by molar-refractivity contribution is 7.90. The van der Waals surface area contributed by atoms with Gasteiger partial charge < -0.3 is 20.3 Å². The van der Waals surface area contributed by atoms with E-state index in [1.54, 1.807) is 6.07 Å². The first-order valence-corrected chi connectivity index (χ1v) is 16.4. The molecule has 2 N–H and O–H groups in total. The lowest BCUT2D eigenvalue weighted by Gasteiger charge is -2.31. The molecule has 2 aliphatic rings. The van der Waals surface area contributed by atoms with Gasteiger partial charge in [0.15, 0.2) is 0 Å². The minimum Gasteiger partial charge on any atom is -0.378 e. The Morgan fingerprint density at radius 3 is 2.40 bits per heavy atom. The number of morpholine rings is 1. The molecule has 0 unspecified atom stereocenters. The first-order chi connectivity index (χ1) is 20.2. The largest absolute Gasteiger partial charge is 0.378 e. The number of hydrogen-bond acceptors (Lipinski definition) is 10. The number of ether oxygens (including phenoxy) is 1. The molecule has 2 aliphatic heterocycles. The SMILES string of the molecule is CC(C)(Cc1ccccc1C1CCNCC1)Nc1nc(N2CCOCC2)nc(-n2c(S(C)(=O)=O)nc3ccccc32)n1. The first-order valence-electron chi connectivity index (χ1n) is 14.5. The Kier molecular flexibility index (Phi) is 7.86. The van der Waals surface area contributed by atoms with Gasteiger partial charge in [-0.15, -0.1) is 0 Å². The predicted molar refractivity (Wildman–Crippen MR) is 163 cm³/mol. The van der Waals surface area contributed by atoms with E-state index in [4.69, 9.17) is 19.7 Å². The molecule has 0 amide bonds. The molecule has 0 aliphatic carbocycles. The normalized spacial score (nSPS) is 17.1. The van der Waals surface area contributed by atoms with Crippen LogP contribution in [-0.2, 0) is 21.0 Å². The molecule has 2 aromatic carbocycles. The minimum absolute atomic E-state index is 0.107. The quantitative estimate of drug-likeness (QED) is 0.315. The van der Waals surface area contributed by atoms with Crippen LogP contribution in [0.3, 0.4) is 0 Å². The average molecular weight is 591 g/mol. The molecule has 0 spiro atoms. The summed E-state index contributed by atoms with van der Waals surface area (Å²) in [4.78, 5) is 20.9. The number of anilines is 2. The van der Waals surface area contributed by atoms with E-state index in [-0.39, 0.29) is 11.1 Å². The highest BCUT2D eigenvalue weighted by Gasteiger charge is 2.28. The lowest BCUT2D eigenvalue weighted by molar-refractivity contribution is 0.122. The van der Waals surface area contributed by atoms with Crippen LogP contribution in [-0.4, -0.2) is 84.1 Å². The summed E-state index contributed by atoms with van der Waals surface area (Å²) in [5, 5.41) is 6.93. The minimum atomic E-state index is -3.69. The van der Waals surface area contributed by atoms with Crippen molar-refractivity contribution in [1.29, 1.82) is 0 Å². The Balaban J connectivity index is 1.40. The summed E-state index contributed by atoms with van der Waals surface area (Å²) < 4.78 is 32.8. The Bertz CT molecular complexity index is 1680. The van der Waals surface area contributed by atoms with E-state index in [1.165, 1.54) is 15.7 Å². The zero-order chi connectivity index (χ0) is 29.3. The van der Waals surface area contributed by atoms with Crippen LogP contribution < -0.4 is 15.5 Å². The number of hydrogen-bond donors (Lipinski definition) is 2. The molecule has 0 radical (unpaired) electrons. The number of fused-ring (bicyclic) bond motifs is 1. The van der Waals surface area contributed by atoms with Crippen molar-refractivity contribution in [2.45, 2.75) is 49.7 Å². The maximum absolute atomic E-state index is 12.9. The van der Waals surface area contributed by atoms with Crippen LogP contribution >= 0.6 is 0 Å². The van der Waals surface area contributed by atoms with Crippen molar-refractivity contribution in [3.63, 3.8) is 0 Å². The van der Waals surface area contributed by atoms with Crippen LogP contribution in [0.1, 0.15) is 43.7 Å². The highest BCUT2D eigenvalue weighted by atomic mass is 32.2.